The number of nitrogens with zero attached hydrogens (tertiary/aromatic N) is 1. The molecule has 2 heterocycles. The van der Waals surface area contributed by atoms with Crippen LogP contribution in [0.4, 0.5) is 0 Å². The van der Waals surface area contributed by atoms with Crippen molar-refractivity contribution in [3.05, 3.63) is 47.3 Å². The maximum Gasteiger partial charge on any atom is 0.226 e. The summed E-state index contributed by atoms with van der Waals surface area (Å²) in [6, 6.07) is 12.8. The van der Waals surface area contributed by atoms with Crippen molar-refractivity contribution < 1.29 is 9.59 Å². The van der Waals surface area contributed by atoms with Gasteiger partial charge < -0.3 is 10.2 Å². The van der Waals surface area contributed by atoms with Gasteiger partial charge in [-0.3, -0.25) is 9.59 Å². The first kappa shape index (κ1) is 21.1. The molecule has 1 aliphatic carbocycles. The van der Waals surface area contributed by atoms with E-state index in [0.29, 0.717) is 31.3 Å². The summed E-state index contributed by atoms with van der Waals surface area (Å²) >= 11 is 1.73. The summed E-state index contributed by atoms with van der Waals surface area (Å²) in [5.41, 5.74) is 1.97. The number of piperidine rings is 1. The van der Waals surface area contributed by atoms with Crippen molar-refractivity contribution in [3.8, 4) is 10.4 Å². The second-order valence-electron chi connectivity index (χ2n) is 9.36. The normalized spacial score (nSPS) is 22.7. The van der Waals surface area contributed by atoms with Crippen molar-refractivity contribution in [2.24, 2.45) is 17.3 Å². The van der Waals surface area contributed by atoms with E-state index in [2.05, 4.69) is 54.0 Å². The second-order valence-corrected chi connectivity index (χ2v) is 10.3. The third kappa shape index (κ3) is 4.31. The van der Waals surface area contributed by atoms with Gasteiger partial charge in [0.1, 0.15) is 0 Å². The second kappa shape index (κ2) is 8.54. The molecule has 0 radical (unpaired) electrons. The lowest BCUT2D eigenvalue weighted by molar-refractivity contribution is -0.141. The Morgan fingerprint density at radius 2 is 1.87 bits per heavy atom. The molecule has 1 saturated carbocycles. The Morgan fingerprint density at radius 3 is 2.47 bits per heavy atom. The first-order chi connectivity index (χ1) is 14.4. The van der Waals surface area contributed by atoms with Gasteiger partial charge in [0.2, 0.25) is 11.8 Å². The monoisotopic (exact) mass is 424 g/mol. The molecular weight excluding hydrogens is 392 g/mol. The average Bonchev–Trinajstić information content (AvgIpc) is 3.22. The van der Waals surface area contributed by atoms with E-state index in [9.17, 15) is 9.59 Å². The molecule has 1 aliphatic heterocycles. The Hall–Kier alpha value is -2.14. The lowest BCUT2D eigenvalue weighted by Crippen LogP contribution is -2.52. The first-order valence-electron chi connectivity index (χ1n) is 11.1. The van der Waals surface area contributed by atoms with Crippen LogP contribution in [0.5, 0.6) is 0 Å². The third-order valence-corrected chi connectivity index (χ3v) is 7.60. The number of likely N-dealkylation sites (tertiary alicyclic amines) is 1. The number of amides is 2. The highest BCUT2D eigenvalue weighted by Gasteiger charge is 2.46. The van der Waals surface area contributed by atoms with Crippen molar-refractivity contribution in [2.75, 3.05) is 13.1 Å². The van der Waals surface area contributed by atoms with Gasteiger partial charge in [0.15, 0.2) is 0 Å². The van der Waals surface area contributed by atoms with E-state index in [1.165, 1.54) is 16.0 Å². The molecule has 160 valence electrons. The highest BCUT2D eigenvalue weighted by molar-refractivity contribution is 7.13. The summed E-state index contributed by atoms with van der Waals surface area (Å²) < 4.78 is 0. The molecule has 1 aromatic carbocycles. The zero-order valence-electron chi connectivity index (χ0n) is 18.2. The van der Waals surface area contributed by atoms with Crippen LogP contribution in [-0.2, 0) is 16.0 Å². The zero-order valence-corrected chi connectivity index (χ0v) is 19.0. The van der Waals surface area contributed by atoms with E-state index >= 15 is 0 Å². The van der Waals surface area contributed by atoms with E-state index in [4.69, 9.17) is 0 Å². The van der Waals surface area contributed by atoms with Crippen LogP contribution in [0.25, 0.3) is 10.4 Å². The maximum absolute atomic E-state index is 13.4. The summed E-state index contributed by atoms with van der Waals surface area (Å²) in [7, 11) is 0. The van der Waals surface area contributed by atoms with Crippen LogP contribution in [0.2, 0.25) is 0 Å². The molecule has 2 fully saturated rings. The molecule has 2 amide bonds. The Labute approximate surface area is 183 Å². The zero-order chi connectivity index (χ0) is 21.3. The largest absolute Gasteiger partial charge is 0.353 e. The lowest BCUT2D eigenvalue weighted by Gasteiger charge is -2.41. The number of thiophene rings is 1. The Balaban J connectivity index is 1.57. The van der Waals surface area contributed by atoms with E-state index in [0.717, 1.165) is 19.3 Å². The van der Waals surface area contributed by atoms with Gasteiger partial charge in [-0.1, -0.05) is 37.3 Å². The standard InChI is InChI=1S/C25H32N2O2S/c1-17(2)26-24(29)25(10-12-27(13-11-25)23(28)21-15-18(21)3)16-19-7-4-5-8-20(19)22-9-6-14-30-22/h4-9,14,17-18,21H,10-13,15-16H2,1-3H3,(H,26,29)/t18-,21+/m0/s1. The van der Waals surface area contributed by atoms with E-state index < -0.39 is 5.41 Å². The fraction of sp³-hybridized carbons (Fsp3) is 0.520. The summed E-state index contributed by atoms with van der Waals surface area (Å²) in [4.78, 5) is 29.4. The van der Waals surface area contributed by atoms with Crippen LogP contribution in [0.3, 0.4) is 0 Å². The van der Waals surface area contributed by atoms with Gasteiger partial charge in [0, 0.05) is 29.9 Å². The predicted molar refractivity (Wildman–Crippen MR) is 122 cm³/mol. The molecule has 1 N–H and O–H groups in total. The van der Waals surface area contributed by atoms with Crippen molar-refractivity contribution in [1.82, 2.24) is 10.2 Å². The number of carbonyl (C=O) groups excluding carboxylic acids is 2. The molecular formula is C25H32N2O2S. The summed E-state index contributed by atoms with van der Waals surface area (Å²) in [5, 5.41) is 5.27. The number of benzene rings is 1. The summed E-state index contributed by atoms with van der Waals surface area (Å²) in [6.45, 7) is 7.52. The van der Waals surface area contributed by atoms with Crippen LogP contribution in [0, 0.1) is 17.3 Å². The molecule has 1 aromatic heterocycles. The number of hydrogen-bond donors (Lipinski definition) is 1. The molecule has 2 aliphatic rings. The molecule has 4 nitrogen and oxygen atoms in total. The Kier molecular flexibility index (Phi) is 6.01. The molecule has 2 aromatic rings. The molecule has 4 rings (SSSR count). The molecule has 0 bridgehead atoms. The smallest absolute Gasteiger partial charge is 0.226 e. The van der Waals surface area contributed by atoms with Crippen LogP contribution in [-0.4, -0.2) is 35.8 Å². The van der Waals surface area contributed by atoms with Crippen molar-refractivity contribution in [2.45, 2.75) is 52.5 Å². The van der Waals surface area contributed by atoms with Gasteiger partial charge in [-0.15, -0.1) is 11.3 Å². The molecule has 0 unspecified atom stereocenters. The van der Waals surface area contributed by atoms with Gasteiger partial charge in [0.05, 0.1) is 5.41 Å². The maximum atomic E-state index is 13.4. The van der Waals surface area contributed by atoms with Crippen LogP contribution in [0.1, 0.15) is 45.6 Å². The topological polar surface area (TPSA) is 49.4 Å². The highest BCUT2D eigenvalue weighted by atomic mass is 32.1. The van der Waals surface area contributed by atoms with E-state index in [1.54, 1.807) is 11.3 Å². The number of nitrogens with one attached hydrogen (secondary N) is 1. The minimum absolute atomic E-state index is 0.105. The van der Waals surface area contributed by atoms with Crippen molar-refractivity contribution >= 4 is 23.2 Å². The minimum atomic E-state index is -0.469. The third-order valence-electron chi connectivity index (χ3n) is 6.69. The molecule has 5 heteroatoms. The van der Waals surface area contributed by atoms with E-state index in [-0.39, 0.29) is 17.9 Å². The van der Waals surface area contributed by atoms with Crippen LogP contribution >= 0.6 is 11.3 Å². The SMILES string of the molecule is CC(C)NC(=O)C1(Cc2ccccc2-c2cccs2)CCN(C(=O)[C@@H]2C[C@@H]2C)CC1. The minimum Gasteiger partial charge on any atom is -0.353 e. The molecule has 1 saturated heterocycles. The number of carbonyl (C=O) groups is 2. The average molecular weight is 425 g/mol. The molecule has 0 spiro atoms. The quantitative estimate of drug-likeness (QED) is 0.728. The van der Waals surface area contributed by atoms with Gasteiger partial charge in [-0.25, -0.2) is 0 Å². The predicted octanol–water partition coefficient (Wildman–Crippen LogP) is 4.75. The molecule has 2 atom stereocenters. The van der Waals surface area contributed by atoms with Crippen molar-refractivity contribution in [1.29, 1.82) is 0 Å². The van der Waals surface area contributed by atoms with Crippen LogP contribution < -0.4 is 5.32 Å². The van der Waals surface area contributed by atoms with Gasteiger partial charge in [-0.05, 0) is 68.0 Å². The fourth-order valence-corrected chi connectivity index (χ4v) is 5.45. The van der Waals surface area contributed by atoms with Gasteiger partial charge >= 0.3 is 0 Å². The number of rotatable bonds is 6. The fourth-order valence-electron chi connectivity index (χ4n) is 4.67. The lowest BCUT2D eigenvalue weighted by atomic mass is 9.72. The highest BCUT2D eigenvalue weighted by Crippen LogP contribution is 2.43. The van der Waals surface area contributed by atoms with Gasteiger partial charge in [0.25, 0.3) is 0 Å². The summed E-state index contributed by atoms with van der Waals surface area (Å²) in [5.74, 6) is 1.15. The molecule has 30 heavy (non-hydrogen) atoms. The van der Waals surface area contributed by atoms with Crippen molar-refractivity contribution in [3.63, 3.8) is 0 Å². The summed E-state index contributed by atoms with van der Waals surface area (Å²) in [6.07, 6.45) is 3.17. The Bertz CT molecular complexity index is 898. The Morgan fingerprint density at radius 1 is 1.17 bits per heavy atom. The number of hydrogen-bond acceptors (Lipinski definition) is 3. The van der Waals surface area contributed by atoms with Gasteiger partial charge in [-0.2, -0.15) is 0 Å². The first-order valence-corrected chi connectivity index (χ1v) is 12.0. The van der Waals surface area contributed by atoms with E-state index in [1.807, 2.05) is 18.7 Å². The van der Waals surface area contributed by atoms with Crippen LogP contribution in [0.15, 0.2) is 41.8 Å².